The largest absolute Gasteiger partial charge is 0.352 e. The molecule has 1 saturated carbocycles. The van der Waals surface area contributed by atoms with Crippen molar-refractivity contribution in [2.75, 3.05) is 20.1 Å². The molecule has 3 aliphatic rings. The predicted molar refractivity (Wildman–Crippen MR) is 100 cm³/mol. The third-order valence-corrected chi connectivity index (χ3v) is 4.95. The van der Waals surface area contributed by atoms with Crippen LogP contribution in [0.1, 0.15) is 37.3 Å². The number of nitrogens with zero attached hydrogens (tertiary/aromatic N) is 5. The zero-order valence-electron chi connectivity index (χ0n) is 13.7. The van der Waals surface area contributed by atoms with Crippen LogP contribution in [0.2, 0.25) is 0 Å². The smallest absolute Gasteiger partial charge is 0.191 e. The summed E-state index contributed by atoms with van der Waals surface area (Å²) in [7, 11) is 1.83. The molecule has 1 aromatic heterocycles. The van der Waals surface area contributed by atoms with Crippen molar-refractivity contribution in [3.8, 4) is 0 Å². The molecule has 0 amide bonds. The molecule has 0 aromatic carbocycles. The Bertz CT molecular complexity index is 566. The number of aliphatic imine (C=N–C) groups is 1. The highest BCUT2D eigenvalue weighted by atomic mass is 127. The van der Waals surface area contributed by atoms with Crippen LogP contribution in [-0.2, 0) is 19.5 Å². The summed E-state index contributed by atoms with van der Waals surface area (Å²) < 4.78 is 2.23. The zero-order chi connectivity index (χ0) is 14.9. The highest BCUT2D eigenvalue weighted by molar-refractivity contribution is 14.0. The van der Waals surface area contributed by atoms with Gasteiger partial charge in [-0.25, -0.2) is 0 Å². The standard InChI is InChI=1S/C15H25N7.HI/c1-16-15(18-11-6-8-21(10-11)12-4-5-12)17-9-14-20-19-13-3-2-7-22(13)14;/h11-12H,2-10H2,1H3,(H2,16,17,18);1H. The number of halogens is 1. The van der Waals surface area contributed by atoms with Gasteiger partial charge in [0.05, 0.1) is 6.54 Å². The van der Waals surface area contributed by atoms with Gasteiger partial charge >= 0.3 is 0 Å². The van der Waals surface area contributed by atoms with E-state index in [9.17, 15) is 0 Å². The Morgan fingerprint density at radius 2 is 2.13 bits per heavy atom. The van der Waals surface area contributed by atoms with E-state index in [0.29, 0.717) is 12.6 Å². The minimum Gasteiger partial charge on any atom is -0.352 e. The van der Waals surface area contributed by atoms with E-state index >= 15 is 0 Å². The first-order chi connectivity index (χ1) is 10.8. The molecule has 1 aromatic rings. The van der Waals surface area contributed by atoms with Gasteiger partial charge in [0.25, 0.3) is 0 Å². The SMILES string of the molecule is CN=C(NCc1nnc2n1CCC2)NC1CCN(C2CC2)C1.I. The molecule has 1 aliphatic carbocycles. The van der Waals surface area contributed by atoms with E-state index in [1.54, 1.807) is 0 Å². The molecule has 128 valence electrons. The predicted octanol–water partition coefficient (Wildman–Crippen LogP) is 0.744. The number of aromatic nitrogens is 3. The number of fused-ring (bicyclic) bond motifs is 1. The highest BCUT2D eigenvalue weighted by Gasteiger charge is 2.34. The Hall–Kier alpha value is -0.900. The number of hydrogen-bond acceptors (Lipinski definition) is 4. The molecule has 1 saturated heterocycles. The van der Waals surface area contributed by atoms with Crippen molar-refractivity contribution in [1.29, 1.82) is 0 Å². The van der Waals surface area contributed by atoms with E-state index in [-0.39, 0.29) is 24.0 Å². The Balaban J connectivity index is 0.00000156. The Morgan fingerprint density at radius 1 is 1.26 bits per heavy atom. The Morgan fingerprint density at radius 3 is 2.91 bits per heavy atom. The number of aryl methyl sites for hydroxylation is 1. The van der Waals surface area contributed by atoms with Crippen LogP contribution in [0.4, 0.5) is 0 Å². The topological polar surface area (TPSA) is 70.4 Å². The first-order valence-corrected chi connectivity index (χ1v) is 8.45. The Kier molecular flexibility index (Phi) is 5.40. The molecule has 1 unspecified atom stereocenters. The minimum absolute atomic E-state index is 0. The van der Waals surface area contributed by atoms with Crippen LogP contribution in [0.15, 0.2) is 4.99 Å². The van der Waals surface area contributed by atoms with Crippen LogP contribution in [0.25, 0.3) is 0 Å². The van der Waals surface area contributed by atoms with Crippen LogP contribution < -0.4 is 10.6 Å². The van der Waals surface area contributed by atoms with Crippen LogP contribution in [0.3, 0.4) is 0 Å². The number of guanidine groups is 1. The zero-order valence-corrected chi connectivity index (χ0v) is 16.0. The molecule has 0 radical (unpaired) electrons. The quantitative estimate of drug-likeness (QED) is 0.418. The first-order valence-electron chi connectivity index (χ1n) is 8.45. The second-order valence-electron chi connectivity index (χ2n) is 6.57. The average molecular weight is 431 g/mol. The summed E-state index contributed by atoms with van der Waals surface area (Å²) in [6.07, 6.45) is 6.22. The molecule has 4 rings (SSSR count). The van der Waals surface area contributed by atoms with Crippen molar-refractivity contribution >= 4 is 29.9 Å². The highest BCUT2D eigenvalue weighted by Crippen LogP contribution is 2.29. The molecule has 7 nitrogen and oxygen atoms in total. The van der Waals surface area contributed by atoms with Crippen molar-refractivity contribution in [1.82, 2.24) is 30.3 Å². The number of rotatable bonds is 4. The van der Waals surface area contributed by atoms with Gasteiger partial charge in [-0.3, -0.25) is 9.89 Å². The summed E-state index contributed by atoms with van der Waals surface area (Å²) in [6, 6.07) is 1.37. The fraction of sp³-hybridized carbons (Fsp3) is 0.800. The molecule has 2 N–H and O–H groups in total. The minimum atomic E-state index is 0. The lowest BCUT2D eigenvalue weighted by Gasteiger charge is -2.18. The molecule has 2 fully saturated rings. The first kappa shape index (κ1) is 16.9. The maximum Gasteiger partial charge on any atom is 0.191 e. The van der Waals surface area contributed by atoms with Crippen molar-refractivity contribution in [3.05, 3.63) is 11.6 Å². The van der Waals surface area contributed by atoms with Gasteiger partial charge in [-0.05, 0) is 25.7 Å². The van der Waals surface area contributed by atoms with Crippen LogP contribution in [-0.4, -0.2) is 57.8 Å². The maximum atomic E-state index is 4.35. The number of nitrogens with one attached hydrogen (secondary N) is 2. The summed E-state index contributed by atoms with van der Waals surface area (Å²) in [5, 5.41) is 15.5. The van der Waals surface area contributed by atoms with Gasteiger partial charge < -0.3 is 15.2 Å². The van der Waals surface area contributed by atoms with Gasteiger partial charge in [-0.2, -0.15) is 0 Å². The monoisotopic (exact) mass is 431 g/mol. The van der Waals surface area contributed by atoms with Crippen molar-refractivity contribution in [3.63, 3.8) is 0 Å². The van der Waals surface area contributed by atoms with Gasteiger partial charge in [0, 0.05) is 45.2 Å². The number of hydrogen-bond donors (Lipinski definition) is 2. The van der Waals surface area contributed by atoms with E-state index in [1.165, 1.54) is 32.2 Å². The van der Waals surface area contributed by atoms with E-state index in [2.05, 4.69) is 35.3 Å². The molecule has 8 heteroatoms. The normalized spacial score (nSPS) is 24.4. The van der Waals surface area contributed by atoms with Crippen molar-refractivity contribution in [2.24, 2.45) is 4.99 Å². The van der Waals surface area contributed by atoms with Gasteiger partial charge in [0.15, 0.2) is 11.8 Å². The van der Waals surface area contributed by atoms with Crippen LogP contribution in [0.5, 0.6) is 0 Å². The lowest BCUT2D eigenvalue weighted by molar-refractivity contribution is 0.321. The fourth-order valence-electron chi connectivity index (χ4n) is 3.57. The molecule has 2 aliphatic heterocycles. The lowest BCUT2D eigenvalue weighted by atomic mass is 10.3. The molecular formula is C15H26IN7. The maximum absolute atomic E-state index is 4.35. The molecule has 3 heterocycles. The van der Waals surface area contributed by atoms with Gasteiger partial charge in [0.2, 0.25) is 0 Å². The van der Waals surface area contributed by atoms with Gasteiger partial charge in [-0.1, -0.05) is 0 Å². The van der Waals surface area contributed by atoms with E-state index in [4.69, 9.17) is 0 Å². The van der Waals surface area contributed by atoms with Crippen LogP contribution in [0, 0.1) is 0 Å². The van der Waals surface area contributed by atoms with E-state index in [1.807, 2.05) is 7.05 Å². The molecule has 23 heavy (non-hydrogen) atoms. The van der Waals surface area contributed by atoms with E-state index in [0.717, 1.165) is 43.2 Å². The fourth-order valence-corrected chi connectivity index (χ4v) is 3.57. The molecule has 0 spiro atoms. The molecule has 0 bridgehead atoms. The molecule has 1 atom stereocenters. The molecular weight excluding hydrogens is 405 g/mol. The third kappa shape index (κ3) is 3.78. The van der Waals surface area contributed by atoms with Crippen molar-refractivity contribution < 1.29 is 0 Å². The van der Waals surface area contributed by atoms with Gasteiger partial charge in [0.1, 0.15) is 5.82 Å². The Labute approximate surface area is 154 Å². The van der Waals surface area contributed by atoms with Crippen LogP contribution >= 0.6 is 24.0 Å². The summed E-state index contributed by atoms with van der Waals surface area (Å²) in [5.74, 6) is 3.01. The number of likely N-dealkylation sites (tertiary alicyclic amines) is 1. The summed E-state index contributed by atoms with van der Waals surface area (Å²) >= 11 is 0. The third-order valence-electron chi connectivity index (χ3n) is 4.95. The van der Waals surface area contributed by atoms with E-state index < -0.39 is 0 Å². The summed E-state index contributed by atoms with van der Waals surface area (Å²) in [4.78, 5) is 6.96. The summed E-state index contributed by atoms with van der Waals surface area (Å²) in [5.41, 5.74) is 0. The summed E-state index contributed by atoms with van der Waals surface area (Å²) in [6.45, 7) is 4.10. The van der Waals surface area contributed by atoms with Gasteiger partial charge in [-0.15, -0.1) is 34.2 Å². The second kappa shape index (κ2) is 7.33. The lowest BCUT2D eigenvalue weighted by Crippen LogP contribution is -2.44. The second-order valence-corrected chi connectivity index (χ2v) is 6.57. The average Bonchev–Trinajstić information content (AvgIpc) is 2.96. The van der Waals surface area contributed by atoms with Crippen molar-refractivity contribution in [2.45, 2.75) is 57.3 Å².